The second-order valence-corrected chi connectivity index (χ2v) is 3.92. The lowest BCUT2D eigenvalue weighted by Gasteiger charge is -2.04. The van der Waals surface area contributed by atoms with E-state index in [1.807, 2.05) is 19.1 Å². The maximum absolute atomic E-state index is 9.99. The van der Waals surface area contributed by atoms with Crippen LogP contribution in [0.15, 0.2) is 17.7 Å². The Morgan fingerprint density at radius 1 is 1.44 bits per heavy atom. The summed E-state index contributed by atoms with van der Waals surface area (Å²) < 4.78 is 4.64. The minimum absolute atomic E-state index is 0.387. The van der Waals surface area contributed by atoms with E-state index in [4.69, 9.17) is 0 Å². The number of allylic oxidation sites excluding steroid dienone is 1. The highest BCUT2D eigenvalue weighted by molar-refractivity contribution is 5.54. The molecule has 0 N–H and O–H groups in total. The topological polar surface area (TPSA) is 39.2 Å². The number of aryl methyl sites for hydroxylation is 1. The molecule has 0 spiro atoms. The van der Waals surface area contributed by atoms with E-state index < -0.39 is 0 Å². The molecule has 0 bridgehead atoms. The second-order valence-electron chi connectivity index (χ2n) is 3.92. The molecule has 1 aromatic heterocycles. The molecule has 0 saturated carbocycles. The number of rotatable bonds is 5. The van der Waals surface area contributed by atoms with Crippen molar-refractivity contribution in [2.75, 3.05) is 6.61 Å². The van der Waals surface area contributed by atoms with Gasteiger partial charge in [-0.15, -0.1) is 0 Å². The average molecular weight is 219 g/mol. The fraction of sp³-hybridized carbons (Fsp3) is 0.385. The molecule has 0 aromatic carbocycles. The van der Waals surface area contributed by atoms with Crippen LogP contribution >= 0.6 is 0 Å². The Bertz CT molecular complexity index is 393. The summed E-state index contributed by atoms with van der Waals surface area (Å²) in [6, 6.07) is 4.02. The minimum atomic E-state index is 0.387. The van der Waals surface area contributed by atoms with E-state index >= 15 is 0 Å². The monoisotopic (exact) mass is 219 g/mol. The summed E-state index contributed by atoms with van der Waals surface area (Å²) in [5.41, 5.74) is 4.34. The molecular formula is C13H17NO2. The zero-order chi connectivity index (χ0) is 12.0. The summed E-state index contributed by atoms with van der Waals surface area (Å²) in [5.74, 6) is 0. The van der Waals surface area contributed by atoms with Crippen LogP contribution in [0.5, 0.6) is 0 Å². The normalized spacial score (nSPS) is 9.69. The lowest BCUT2D eigenvalue weighted by molar-refractivity contribution is -0.128. The summed E-state index contributed by atoms with van der Waals surface area (Å²) >= 11 is 0. The van der Waals surface area contributed by atoms with Gasteiger partial charge >= 0.3 is 0 Å². The SMILES string of the molecule is CC(C)=Cc1ccc(CCOC=O)nc1C. The standard InChI is InChI=1S/C13H17NO2/c1-10(2)8-12-4-5-13(14-11(12)3)6-7-16-9-15/h4-5,8-9H,6-7H2,1-3H3. The minimum Gasteiger partial charge on any atom is -0.467 e. The molecule has 3 nitrogen and oxygen atoms in total. The average Bonchev–Trinajstić information content (AvgIpc) is 2.22. The molecule has 16 heavy (non-hydrogen) atoms. The molecule has 0 saturated heterocycles. The van der Waals surface area contributed by atoms with E-state index in [-0.39, 0.29) is 0 Å². The lowest BCUT2D eigenvalue weighted by Crippen LogP contribution is -2.00. The van der Waals surface area contributed by atoms with Crippen molar-refractivity contribution in [1.29, 1.82) is 0 Å². The highest BCUT2D eigenvalue weighted by Crippen LogP contribution is 2.11. The van der Waals surface area contributed by atoms with Crippen LogP contribution in [0.1, 0.15) is 30.8 Å². The maximum atomic E-state index is 9.99. The molecule has 1 rings (SSSR count). The molecular weight excluding hydrogens is 202 g/mol. The fourth-order valence-electron chi connectivity index (χ4n) is 1.44. The molecule has 0 aliphatic rings. The molecule has 0 amide bonds. The third-order valence-corrected chi connectivity index (χ3v) is 2.17. The predicted octanol–water partition coefficient (Wildman–Crippen LogP) is 2.53. The van der Waals surface area contributed by atoms with Crippen LogP contribution in [0.25, 0.3) is 6.08 Å². The smallest absolute Gasteiger partial charge is 0.293 e. The van der Waals surface area contributed by atoms with Crippen LogP contribution in [-0.2, 0) is 16.0 Å². The highest BCUT2D eigenvalue weighted by Gasteiger charge is 2.00. The predicted molar refractivity (Wildman–Crippen MR) is 64.0 cm³/mol. The van der Waals surface area contributed by atoms with E-state index in [0.717, 1.165) is 17.0 Å². The molecule has 0 aliphatic carbocycles. The number of hydrogen-bond acceptors (Lipinski definition) is 3. The Hall–Kier alpha value is -1.64. The lowest BCUT2D eigenvalue weighted by atomic mass is 10.1. The van der Waals surface area contributed by atoms with E-state index in [0.29, 0.717) is 19.5 Å². The van der Waals surface area contributed by atoms with Crippen LogP contribution in [0.2, 0.25) is 0 Å². The zero-order valence-corrected chi connectivity index (χ0v) is 9.99. The fourth-order valence-corrected chi connectivity index (χ4v) is 1.44. The first kappa shape index (κ1) is 12.4. The van der Waals surface area contributed by atoms with Crippen LogP contribution in [-0.4, -0.2) is 18.1 Å². The number of ether oxygens (including phenoxy) is 1. The largest absolute Gasteiger partial charge is 0.467 e. The first-order chi connectivity index (χ1) is 7.63. The number of aromatic nitrogens is 1. The highest BCUT2D eigenvalue weighted by atomic mass is 16.5. The van der Waals surface area contributed by atoms with E-state index in [2.05, 4.69) is 29.6 Å². The van der Waals surface area contributed by atoms with Gasteiger partial charge in [-0.25, -0.2) is 0 Å². The summed E-state index contributed by atoms with van der Waals surface area (Å²) in [4.78, 5) is 14.4. The van der Waals surface area contributed by atoms with Crippen molar-refractivity contribution in [2.45, 2.75) is 27.2 Å². The van der Waals surface area contributed by atoms with Gasteiger partial charge in [0.1, 0.15) is 0 Å². The number of pyridine rings is 1. The third-order valence-electron chi connectivity index (χ3n) is 2.17. The maximum Gasteiger partial charge on any atom is 0.293 e. The van der Waals surface area contributed by atoms with Gasteiger partial charge in [-0.1, -0.05) is 17.7 Å². The Balaban J connectivity index is 2.74. The molecule has 3 heteroatoms. The van der Waals surface area contributed by atoms with Gasteiger partial charge < -0.3 is 4.74 Å². The van der Waals surface area contributed by atoms with Gasteiger partial charge in [0.2, 0.25) is 0 Å². The van der Waals surface area contributed by atoms with E-state index in [1.165, 1.54) is 5.57 Å². The molecule has 86 valence electrons. The van der Waals surface area contributed by atoms with Crippen molar-refractivity contribution >= 4 is 12.5 Å². The van der Waals surface area contributed by atoms with Gasteiger partial charge in [0.05, 0.1) is 6.61 Å². The molecule has 0 aliphatic heterocycles. The van der Waals surface area contributed by atoms with Crippen molar-refractivity contribution in [1.82, 2.24) is 4.98 Å². The van der Waals surface area contributed by atoms with Crippen molar-refractivity contribution in [2.24, 2.45) is 0 Å². The quantitative estimate of drug-likeness (QED) is 0.564. The van der Waals surface area contributed by atoms with Crippen molar-refractivity contribution < 1.29 is 9.53 Å². The molecule has 0 atom stereocenters. The van der Waals surface area contributed by atoms with Gasteiger partial charge in [-0.2, -0.15) is 0 Å². The summed E-state index contributed by atoms with van der Waals surface area (Å²) in [6.07, 6.45) is 2.77. The summed E-state index contributed by atoms with van der Waals surface area (Å²) in [5, 5.41) is 0. The van der Waals surface area contributed by atoms with Crippen LogP contribution in [0.4, 0.5) is 0 Å². The van der Waals surface area contributed by atoms with Gasteiger partial charge in [0.15, 0.2) is 0 Å². The Morgan fingerprint density at radius 2 is 2.19 bits per heavy atom. The van der Waals surface area contributed by atoms with Gasteiger partial charge in [0.25, 0.3) is 6.47 Å². The molecule has 1 heterocycles. The van der Waals surface area contributed by atoms with Crippen LogP contribution < -0.4 is 0 Å². The van der Waals surface area contributed by atoms with Crippen molar-refractivity contribution in [3.05, 3.63) is 34.7 Å². The second kappa shape index (κ2) is 6.05. The van der Waals surface area contributed by atoms with Crippen LogP contribution in [0.3, 0.4) is 0 Å². The van der Waals surface area contributed by atoms with E-state index in [9.17, 15) is 4.79 Å². The first-order valence-electron chi connectivity index (χ1n) is 5.30. The zero-order valence-electron chi connectivity index (χ0n) is 9.99. The molecule has 0 radical (unpaired) electrons. The van der Waals surface area contributed by atoms with Crippen molar-refractivity contribution in [3.8, 4) is 0 Å². The number of nitrogens with zero attached hydrogens (tertiary/aromatic N) is 1. The Labute approximate surface area is 96.2 Å². The third kappa shape index (κ3) is 3.85. The molecule has 0 unspecified atom stereocenters. The van der Waals surface area contributed by atoms with Crippen LogP contribution in [0, 0.1) is 6.92 Å². The Morgan fingerprint density at radius 3 is 2.75 bits per heavy atom. The first-order valence-corrected chi connectivity index (χ1v) is 5.30. The van der Waals surface area contributed by atoms with E-state index in [1.54, 1.807) is 0 Å². The Kier molecular flexibility index (Phi) is 4.70. The van der Waals surface area contributed by atoms with Gasteiger partial charge in [-0.3, -0.25) is 9.78 Å². The number of hydrogen-bond donors (Lipinski definition) is 0. The van der Waals surface area contributed by atoms with Gasteiger partial charge in [-0.05, 0) is 32.4 Å². The van der Waals surface area contributed by atoms with Gasteiger partial charge in [0, 0.05) is 17.8 Å². The molecule has 1 aromatic rings. The number of carbonyl (C=O) groups is 1. The summed E-state index contributed by atoms with van der Waals surface area (Å²) in [6.45, 7) is 6.96. The van der Waals surface area contributed by atoms with Crippen molar-refractivity contribution in [3.63, 3.8) is 0 Å². The summed E-state index contributed by atoms with van der Waals surface area (Å²) in [7, 11) is 0. The number of carbonyl (C=O) groups excluding carboxylic acids is 1. The molecule has 0 fully saturated rings.